The average molecular weight is 396 g/mol. The van der Waals surface area contributed by atoms with Crippen LogP contribution in [0.1, 0.15) is 36.0 Å². The third-order valence-electron chi connectivity index (χ3n) is 4.81. The number of rotatable bonds is 5. The van der Waals surface area contributed by atoms with Gasteiger partial charge in [0.2, 0.25) is 0 Å². The maximum absolute atomic E-state index is 13.9. The van der Waals surface area contributed by atoms with E-state index in [1.165, 1.54) is 19.4 Å². The second kappa shape index (κ2) is 8.45. The number of pyridine rings is 1. The number of esters is 1. The number of hydrogen-bond acceptors (Lipinski definition) is 5. The van der Waals surface area contributed by atoms with E-state index in [9.17, 15) is 22.8 Å². The lowest BCUT2D eigenvalue weighted by molar-refractivity contribution is -0.146. The van der Waals surface area contributed by atoms with Gasteiger partial charge in [0.15, 0.2) is 11.6 Å². The Morgan fingerprint density at radius 2 is 1.89 bits per heavy atom. The summed E-state index contributed by atoms with van der Waals surface area (Å²) >= 11 is 0. The molecule has 2 aromatic rings. The number of halogens is 3. The van der Waals surface area contributed by atoms with Gasteiger partial charge >= 0.3 is 12.6 Å². The highest BCUT2D eigenvalue weighted by Gasteiger charge is 2.28. The van der Waals surface area contributed by atoms with Gasteiger partial charge < -0.3 is 14.8 Å². The quantitative estimate of drug-likeness (QED) is 0.784. The average Bonchev–Trinajstić information content (AvgIpc) is 2.67. The summed E-state index contributed by atoms with van der Waals surface area (Å²) in [6, 6.07) is 3.42. The Hall–Kier alpha value is -2.84. The molecule has 1 amide bonds. The molecule has 28 heavy (non-hydrogen) atoms. The molecule has 1 saturated carbocycles. The van der Waals surface area contributed by atoms with Crippen LogP contribution in [0.2, 0.25) is 0 Å². The van der Waals surface area contributed by atoms with Gasteiger partial charge in [-0.3, -0.25) is 14.6 Å². The molecule has 9 heteroatoms. The maximum Gasteiger partial charge on any atom is 0.387 e. The monoisotopic (exact) mass is 396 g/mol. The van der Waals surface area contributed by atoms with Crippen LogP contribution in [0, 0.1) is 11.7 Å². The van der Waals surface area contributed by atoms with Crippen molar-refractivity contribution in [3.8, 4) is 5.75 Å². The molecule has 0 unspecified atom stereocenters. The molecule has 1 heterocycles. The van der Waals surface area contributed by atoms with Gasteiger partial charge in [0.1, 0.15) is 0 Å². The van der Waals surface area contributed by atoms with Crippen LogP contribution in [0.15, 0.2) is 24.4 Å². The molecule has 3 rings (SSSR count). The number of alkyl halides is 2. The number of carbonyl (C=O) groups excluding carboxylic acids is 2. The number of aromatic nitrogens is 1. The fourth-order valence-electron chi connectivity index (χ4n) is 3.35. The molecular formula is C19H19F3N2O4. The van der Waals surface area contributed by atoms with Crippen molar-refractivity contribution < 1.29 is 32.2 Å². The van der Waals surface area contributed by atoms with Crippen LogP contribution in [-0.2, 0) is 9.53 Å². The zero-order valence-corrected chi connectivity index (χ0v) is 15.1. The molecular weight excluding hydrogens is 377 g/mol. The van der Waals surface area contributed by atoms with E-state index < -0.39 is 18.2 Å². The first-order chi connectivity index (χ1) is 13.4. The van der Waals surface area contributed by atoms with E-state index in [0.717, 1.165) is 12.1 Å². The van der Waals surface area contributed by atoms with Crippen molar-refractivity contribution in [1.29, 1.82) is 0 Å². The Morgan fingerprint density at radius 1 is 1.18 bits per heavy atom. The topological polar surface area (TPSA) is 77.5 Å². The first-order valence-electron chi connectivity index (χ1n) is 8.80. The number of ether oxygens (including phenoxy) is 2. The van der Waals surface area contributed by atoms with E-state index in [2.05, 4.69) is 15.0 Å². The van der Waals surface area contributed by atoms with Gasteiger partial charge in [-0.1, -0.05) is 0 Å². The van der Waals surface area contributed by atoms with Crippen LogP contribution >= 0.6 is 0 Å². The standard InChI is InChI=1S/C19H19F3N2O4/c1-27-18(26)10-2-4-13(5-3-10)24-17(25)12-6-11-7-14(20)16(28-19(21)22)8-15(11)23-9-12/h6-10,13,19H,2-5H2,1H3,(H,24,25). The normalized spacial score (nSPS) is 19.5. The Morgan fingerprint density at radius 3 is 2.54 bits per heavy atom. The van der Waals surface area contributed by atoms with Gasteiger partial charge in [0, 0.05) is 23.7 Å². The predicted octanol–water partition coefficient (Wildman–Crippen LogP) is 3.44. The van der Waals surface area contributed by atoms with Gasteiger partial charge in [-0.2, -0.15) is 8.78 Å². The van der Waals surface area contributed by atoms with Crippen molar-refractivity contribution in [2.75, 3.05) is 7.11 Å². The van der Waals surface area contributed by atoms with E-state index >= 15 is 0 Å². The fraction of sp³-hybridized carbons (Fsp3) is 0.421. The van der Waals surface area contributed by atoms with Gasteiger partial charge in [-0.05, 0) is 37.8 Å². The third-order valence-corrected chi connectivity index (χ3v) is 4.81. The van der Waals surface area contributed by atoms with Crippen molar-refractivity contribution in [2.24, 2.45) is 5.92 Å². The summed E-state index contributed by atoms with van der Waals surface area (Å²) in [6.07, 6.45) is 3.85. The zero-order valence-electron chi connectivity index (χ0n) is 15.1. The SMILES string of the molecule is COC(=O)C1CCC(NC(=O)c2cnc3cc(OC(F)F)c(F)cc3c2)CC1. The molecule has 1 aromatic carbocycles. The minimum atomic E-state index is -3.15. The summed E-state index contributed by atoms with van der Waals surface area (Å²) in [5.74, 6) is -2.32. The lowest BCUT2D eigenvalue weighted by Crippen LogP contribution is -2.38. The van der Waals surface area contributed by atoms with Crippen LogP contribution in [0.3, 0.4) is 0 Å². The van der Waals surface area contributed by atoms with Crippen molar-refractivity contribution in [2.45, 2.75) is 38.3 Å². The number of nitrogens with one attached hydrogen (secondary N) is 1. The minimum Gasteiger partial charge on any atom is -0.469 e. The Bertz CT molecular complexity index is 883. The molecule has 0 saturated heterocycles. The Labute approximate surface area is 159 Å². The van der Waals surface area contributed by atoms with Gasteiger partial charge in [0.25, 0.3) is 5.91 Å². The number of amides is 1. The lowest BCUT2D eigenvalue weighted by Gasteiger charge is -2.27. The molecule has 1 fully saturated rings. The van der Waals surface area contributed by atoms with Gasteiger partial charge in [0.05, 0.1) is 24.1 Å². The number of hydrogen-bond donors (Lipinski definition) is 1. The van der Waals surface area contributed by atoms with Crippen LogP contribution in [0.4, 0.5) is 13.2 Å². The molecule has 0 radical (unpaired) electrons. The molecule has 1 N–H and O–H groups in total. The smallest absolute Gasteiger partial charge is 0.387 e. The fourth-order valence-corrected chi connectivity index (χ4v) is 3.35. The van der Waals surface area contributed by atoms with Crippen molar-refractivity contribution >= 4 is 22.8 Å². The highest BCUT2D eigenvalue weighted by atomic mass is 19.3. The summed E-state index contributed by atoms with van der Waals surface area (Å²) in [5, 5.41) is 3.17. The molecule has 0 spiro atoms. The molecule has 1 aliphatic carbocycles. The van der Waals surface area contributed by atoms with E-state index in [4.69, 9.17) is 4.74 Å². The summed E-state index contributed by atoms with van der Waals surface area (Å²) in [4.78, 5) is 28.1. The largest absolute Gasteiger partial charge is 0.469 e. The maximum atomic E-state index is 13.9. The van der Waals surface area contributed by atoms with E-state index in [-0.39, 0.29) is 34.9 Å². The minimum absolute atomic E-state index is 0.0809. The number of fused-ring (bicyclic) bond motifs is 1. The Kier molecular flexibility index (Phi) is 6.01. The van der Waals surface area contributed by atoms with E-state index in [0.29, 0.717) is 31.1 Å². The van der Waals surface area contributed by atoms with E-state index in [1.807, 2.05) is 0 Å². The second-order valence-corrected chi connectivity index (χ2v) is 6.62. The summed E-state index contributed by atoms with van der Waals surface area (Å²) < 4.78 is 47.3. The molecule has 150 valence electrons. The number of methoxy groups -OCH3 is 1. The van der Waals surface area contributed by atoms with Crippen LogP contribution < -0.4 is 10.1 Å². The number of nitrogens with zero attached hydrogens (tertiary/aromatic N) is 1. The summed E-state index contributed by atoms with van der Waals surface area (Å²) in [6.45, 7) is -3.15. The van der Waals surface area contributed by atoms with Gasteiger partial charge in [-0.25, -0.2) is 4.39 Å². The van der Waals surface area contributed by atoms with Crippen molar-refractivity contribution in [3.05, 3.63) is 35.8 Å². The summed E-state index contributed by atoms with van der Waals surface area (Å²) in [7, 11) is 1.36. The highest BCUT2D eigenvalue weighted by Crippen LogP contribution is 2.27. The van der Waals surface area contributed by atoms with Crippen molar-refractivity contribution in [1.82, 2.24) is 10.3 Å². The van der Waals surface area contributed by atoms with Crippen molar-refractivity contribution in [3.63, 3.8) is 0 Å². The predicted molar refractivity (Wildman–Crippen MR) is 93.6 cm³/mol. The first-order valence-corrected chi connectivity index (χ1v) is 8.80. The van der Waals surface area contributed by atoms with Gasteiger partial charge in [-0.15, -0.1) is 0 Å². The third kappa shape index (κ3) is 4.52. The number of carbonyl (C=O) groups is 2. The van der Waals surface area contributed by atoms with Crippen LogP contribution in [0.25, 0.3) is 10.9 Å². The Balaban J connectivity index is 1.68. The second-order valence-electron chi connectivity index (χ2n) is 6.62. The molecule has 6 nitrogen and oxygen atoms in total. The highest BCUT2D eigenvalue weighted by molar-refractivity contribution is 5.97. The molecule has 1 aromatic heterocycles. The zero-order chi connectivity index (χ0) is 20.3. The molecule has 0 bridgehead atoms. The molecule has 0 aliphatic heterocycles. The molecule has 0 atom stereocenters. The van der Waals surface area contributed by atoms with Crippen LogP contribution in [0.5, 0.6) is 5.75 Å². The van der Waals surface area contributed by atoms with E-state index in [1.54, 1.807) is 0 Å². The molecule has 1 aliphatic rings. The first kappa shape index (κ1) is 19.9. The summed E-state index contributed by atoms with van der Waals surface area (Å²) in [5.41, 5.74) is 0.455. The number of benzene rings is 1. The lowest BCUT2D eigenvalue weighted by atomic mass is 9.86. The van der Waals surface area contributed by atoms with Crippen LogP contribution in [-0.4, -0.2) is 36.6 Å².